The lowest BCUT2D eigenvalue weighted by molar-refractivity contribution is -0.113. The van der Waals surface area contributed by atoms with E-state index in [0.29, 0.717) is 23.4 Å². The van der Waals surface area contributed by atoms with Gasteiger partial charge in [-0.25, -0.2) is 9.67 Å². The van der Waals surface area contributed by atoms with Crippen LogP contribution in [0.15, 0.2) is 64.4 Å². The van der Waals surface area contributed by atoms with Crippen molar-refractivity contribution in [2.24, 2.45) is 0 Å². The van der Waals surface area contributed by atoms with Crippen LogP contribution in [0.3, 0.4) is 0 Å². The lowest BCUT2D eigenvalue weighted by Gasteiger charge is -2.11. The molecule has 3 heterocycles. The minimum absolute atomic E-state index is 0.0521. The van der Waals surface area contributed by atoms with Crippen molar-refractivity contribution in [1.29, 1.82) is 0 Å². The van der Waals surface area contributed by atoms with Gasteiger partial charge in [0.1, 0.15) is 10.6 Å². The molecule has 0 atom stereocenters. The number of thioether (sulfide) groups is 1. The first-order chi connectivity index (χ1) is 16.0. The molecule has 33 heavy (non-hydrogen) atoms. The van der Waals surface area contributed by atoms with E-state index in [4.69, 9.17) is 4.98 Å². The Morgan fingerprint density at radius 1 is 1.33 bits per heavy atom. The summed E-state index contributed by atoms with van der Waals surface area (Å²) >= 11 is 2.75. The fourth-order valence-electron chi connectivity index (χ4n) is 3.79. The monoisotopic (exact) mass is 477 g/mol. The summed E-state index contributed by atoms with van der Waals surface area (Å²) in [6, 6.07) is 11.5. The maximum Gasteiger partial charge on any atom is 0.263 e. The van der Waals surface area contributed by atoms with E-state index in [2.05, 4.69) is 22.4 Å². The summed E-state index contributed by atoms with van der Waals surface area (Å²) in [5.74, 6) is 1.01. The molecule has 0 bridgehead atoms. The summed E-state index contributed by atoms with van der Waals surface area (Å²) < 4.78 is 3.32. The molecule has 3 aromatic heterocycles. The van der Waals surface area contributed by atoms with Crippen LogP contribution in [0.5, 0.6) is 0 Å². The van der Waals surface area contributed by atoms with Crippen molar-refractivity contribution in [2.45, 2.75) is 37.4 Å². The van der Waals surface area contributed by atoms with Crippen LogP contribution >= 0.6 is 23.1 Å². The summed E-state index contributed by atoms with van der Waals surface area (Å²) in [6.07, 6.45) is 3.94. The SMILES string of the molecule is C=CCn1c(SCC(=O)Nc2cc(C)nn2-c2ccccc2)nc2scc(C3CC3)c2c1=O. The number of amides is 1. The summed E-state index contributed by atoms with van der Waals surface area (Å²) in [5.41, 5.74) is 2.73. The molecule has 4 aromatic rings. The Labute approximate surface area is 199 Å². The van der Waals surface area contributed by atoms with Crippen molar-refractivity contribution >= 4 is 45.0 Å². The number of anilines is 1. The van der Waals surface area contributed by atoms with Crippen molar-refractivity contribution in [1.82, 2.24) is 19.3 Å². The highest BCUT2D eigenvalue weighted by atomic mass is 32.2. The number of carbonyl (C=O) groups excluding carboxylic acids is 1. The van der Waals surface area contributed by atoms with Crippen LogP contribution < -0.4 is 10.9 Å². The second-order valence-corrected chi connectivity index (χ2v) is 9.80. The normalized spacial score (nSPS) is 13.4. The van der Waals surface area contributed by atoms with Crippen LogP contribution in [0.2, 0.25) is 0 Å². The molecule has 5 rings (SSSR count). The van der Waals surface area contributed by atoms with E-state index >= 15 is 0 Å². The predicted octanol–water partition coefficient (Wildman–Crippen LogP) is 4.75. The summed E-state index contributed by atoms with van der Waals surface area (Å²) in [7, 11) is 0. The molecule has 1 N–H and O–H groups in total. The van der Waals surface area contributed by atoms with Gasteiger partial charge in [-0.2, -0.15) is 5.10 Å². The van der Waals surface area contributed by atoms with Gasteiger partial charge in [-0.3, -0.25) is 14.2 Å². The standard InChI is InChI=1S/C24H23N5O2S2/c1-3-11-28-23(31)21-18(16-9-10-16)13-32-22(21)26-24(28)33-14-20(30)25-19-12-15(2)27-29(19)17-7-5-4-6-8-17/h3-8,12-13,16H,1,9-11,14H2,2H3,(H,25,30). The fourth-order valence-corrected chi connectivity index (χ4v) is 5.66. The molecular weight excluding hydrogens is 454 g/mol. The number of aryl methyl sites for hydroxylation is 1. The lowest BCUT2D eigenvalue weighted by atomic mass is 10.1. The molecule has 1 saturated carbocycles. The smallest absolute Gasteiger partial charge is 0.263 e. The molecule has 1 aliphatic rings. The number of aromatic nitrogens is 4. The van der Waals surface area contributed by atoms with Crippen molar-refractivity contribution < 1.29 is 4.79 Å². The van der Waals surface area contributed by atoms with Crippen LogP contribution in [0.1, 0.15) is 30.0 Å². The molecule has 0 aliphatic heterocycles. The minimum atomic E-state index is -0.193. The number of benzene rings is 1. The third-order valence-corrected chi connectivity index (χ3v) is 7.32. The molecule has 9 heteroatoms. The average molecular weight is 478 g/mol. The minimum Gasteiger partial charge on any atom is -0.310 e. The molecule has 1 aliphatic carbocycles. The Morgan fingerprint density at radius 2 is 2.12 bits per heavy atom. The van der Waals surface area contributed by atoms with Gasteiger partial charge in [0.15, 0.2) is 5.16 Å². The molecule has 0 saturated heterocycles. The van der Waals surface area contributed by atoms with Gasteiger partial charge < -0.3 is 5.32 Å². The number of para-hydroxylation sites is 1. The number of rotatable bonds is 8. The van der Waals surface area contributed by atoms with Gasteiger partial charge in [-0.05, 0) is 48.8 Å². The molecular formula is C24H23N5O2S2. The average Bonchev–Trinajstić information content (AvgIpc) is 3.46. The molecule has 1 fully saturated rings. The third-order valence-electron chi connectivity index (χ3n) is 5.45. The van der Waals surface area contributed by atoms with Crippen molar-refractivity contribution in [2.75, 3.05) is 11.1 Å². The maximum absolute atomic E-state index is 13.2. The Kier molecular flexibility index (Phi) is 5.90. The molecule has 0 radical (unpaired) electrons. The van der Waals surface area contributed by atoms with E-state index in [1.165, 1.54) is 23.1 Å². The topological polar surface area (TPSA) is 81.8 Å². The zero-order valence-electron chi connectivity index (χ0n) is 18.2. The first-order valence-electron chi connectivity index (χ1n) is 10.7. The zero-order valence-corrected chi connectivity index (χ0v) is 19.8. The van der Waals surface area contributed by atoms with E-state index in [1.807, 2.05) is 43.3 Å². The van der Waals surface area contributed by atoms with Gasteiger partial charge in [-0.1, -0.05) is 36.0 Å². The molecule has 1 aromatic carbocycles. The molecule has 7 nitrogen and oxygen atoms in total. The predicted molar refractivity (Wildman–Crippen MR) is 134 cm³/mol. The highest BCUT2D eigenvalue weighted by molar-refractivity contribution is 7.99. The first kappa shape index (κ1) is 21.7. The van der Waals surface area contributed by atoms with Crippen LogP contribution in [0, 0.1) is 6.92 Å². The Bertz CT molecular complexity index is 1400. The van der Waals surface area contributed by atoms with Crippen molar-refractivity contribution in [3.63, 3.8) is 0 Å². The number of hydrogen-bond acceptors (Lipinski definition) is 6. The quantitative estimate of drug-likeness (QED) is 0.225. The van der Waals surface area contributed by atoms with Crippen LogP contribution in [-0.4, -0.2) is 31.0 Å². The largest absolute Gasteiger partial charge is 0.310 e. The van der Waals surface area contributed by atoms with E-state index < -0.39 is 0 Å². The van der Waals surface area contributed by atoms with Crippen LogP contribution in [0.4, 0.5) is 5.82 Å². The Balaban J connectivity index is 1.37. The summed E-state index contributed by atoms with van der Waals surface area (Å²) in [6.45, 7) is 6.02. The second kappa shape index (κ2) is 8.99. The van der Waals surface area contributed by atoms with Crippen LogP contribution in [-0.2, 0) is 11.3 Å². The van der Waals surface area contributed by atoms with Crippen molar-refractivity contribution in [3.8, 4) is 5.69 Å². The van der Waals surface area contributed by atoms with Gasteiger partial charge in [-0.15, -0.1) is 17.9 Å². The summed E-state index contributed by atoms with van der Waals surface area (Å²) in [5, 5.41) is 10.7. The van der Waals surface area contributed by atoms with Gasteiger partial charge in [0, 0.05) is 12.6 Å². The zero-order chi connectivity index (χ0) is 22.9. The molecule has 168 valence electrons. The van der Waals surface area contributed by atoms with Gasteiger partial charge >= 0.3 is 0 Å². The number of hydrogen-bond donors (Lipinski definition) is 1. The Hall–Kier alpha value is -3.17. The number of allylic oxidation sites excluding steroid dienone is 1. The van der Waals surface area contributed by atoms with E-state index in [9.17, 15) is 9.59 Å². The van der Waals surface area contributed by atoms with Gasteiger partial charge in [0.25, 0.3) is 5.56 Å². The van der Waals surface area contributed by atoms with E-state index in [-0.39, 0.29) is 17.2 Å². The number of carbonyl (C=O) groups is 1. The molecule has 0 unspecified atom stereocenters. The third kappa shape index (κ3) is 4.38. The molecule has 0 spiro atoms. The van der Waals surface area contributed by atoms with E-state index in [0.717, 1.165) is 40.0 Å². The summed E-state index contributed by atoms with van der Waals surface area (Å²) in [4.78, 5) is 31.5. The van der Waals surface area contributed by atoms with E-state index in [1.54, 1.807) is 15.3 Å². The Morgan fingerprint density at radius 3 is 2.85 bits per heavy atom. The van der Waals surface area contributed by atoms with Crippen molar-refractivity contribution in [3.05, 3.63) is 76.0 Å². The highest BCUT2D eigenvalue weighted by Crippen LogP contribution is 2.44. The fraction of sp³-hybridized carbons (Fsp3) is 0.250. The lowest BCUT2D eigenvalue weighted by Crippen LogP contribution is -2.24. The number of nitrogens with one attached hydrogen (secondary N) is 1. The van der Waals surface area contributed by atoms with Gasteiger partial charge in [0.2, 0.25) is 5.91 Å². The maximum atomic E-state index is 13.2. The number of nitrogens with zero attached hydrogens (tertiary/aromatic N) is 4. The van der Waals surface area contributed by atoms with Gasteiger partial charge in [0.05, 0.1) is 22.5 Å². The van der Waals surface area contributed by atoms with Crippen LogP contribution in [0.25, 0.3) is 15.9 Å². The number of thiophene rings is 1. The second-order valence-electron chi connectivity index (χ2n) is 8.00. The highest BCUT2D eigenvalue weighted by Gasteiger charge is 2.29. The first-order valence-corrected chi connectivity index (χ1v) is 12.6. The molecule has 1 amide bonds. The number of fused-ring (bicyclic) bond motifs is 1.